The summed E-state index contributed by atoms with van der Waals surface area (Å²) in [6.07, 6.45) is -0.883. The van der Waals surface area contributed by atoms with Gasteiger partial charge in [-0.3, -0.25) is 0 Å². The van der Waals surface area contributed by atoms with Crippen molar-refractivity contribution in [1.82, 2.24) is 4.90 Å². The van der Waals surface area contributed by atoms with E-state index in [0.717, 1.165) is 5.56 Å². The monoisotopic (exact) mass is 269 g/mol. The van der Waals surface area contributed by atoms with Crippen LogP contribution >= 0.6 is 23.5 Å². The van der Waals surface area contributed by atoms with Gasteiger partial charge < -0.3 is 10.0 Å². The van der Waals surface area contributed by atoms with E-state index >= 15 is 0 Å². The van der Waals surface area contributed by atoms with E-state index in [2.05, 4.69) is 6.07 Å². The molecule has 1 aliphatic heterocycles. The molecular formula is C12H15NO2S2. The van der Waals surface area contributed by atoms with Gasteiger partial charge in [0.25, 0.3) is 0 Å². The summed E-state index contributed by atoms with van der Waals surface area (Å²) >= 11 is 3.88. The molecule has 0 spiro atoms. The molecule has 1 saturated heterocycles. The highest BCUT2D eigenvalue weighted by Gasteiger charge is 2.21. The largest absolute Gasteiger partial charge is 0.465 e. The van der Waals surface area contributed by atoms with Crippen LogP contribution in [0.4, 0.5) is 4.79 Å². The van der Waals surface area contributed by atoms with Crippen LogP contribution in [0.3, 0.4) is 0 Å². The zero-order valence-corrected chi connectivity index (χ0v) is 11.3. The Labute approximate surface area is 110 Å². The summed E-state index contributed by atoms with van der Waals surface area (Å²) in [4.78, 5) is 12.2. The standard InChI is InChI=1S/C12H15NO2S2/c1-13(12(14)15)8-9-4-2-3-5-10(9)11-16-6-7-17-11/h2-5,11H,6-8H2,1H3,(H,14,15). The highest BCUT2D eigenvalue weighted by atomic mass is 32.2. The van der Waals surface area contributed by atoms with Gasteiger partial charge >= 0.3 is 6.09 Å². The average Bonchev–Trinajstić information content (AvgIpc) is 2.83. The summed E-state index contributed by atoms with van der Waals surface area (Å²) in [5, 5.41) is 8.92. The average molecular weight is 269 g/mol. The molecule has 0 unspecified atom stereocenters. The van der Waals surface area contributed by atoms with E-state index in [9.17, 15) is 4.79 Å². The van der Waals surface area contributed by atoms with E-state index < -0.39 is 6.09 Å². The number of carbonyl (C=O) groups is 1. The Morgan fingerprint density at radius 1 is 1.41 bits per heavy atom. The molecule has 1 aromatic carbocycles. The molecule has 0 radical (unpaired) electrons. The molecule has 0 saturated carbocycles. The molecule has 92 valence electrons. The zero-order chi connectivity index (χ0) is 12.3. The fraction of sp³-hybridized carbons (Fsp3) is 0.417. The van der Waals surface area contributed by atoms with Crippen LogP contribution in [-0.4, -0.2) is 34.7 Å². The maximum absolute atomic E-state index is 10.9. The lowest BCUT2D eigenvalue weighted by molar-refractivity contribution is 0.153. The summed E-state index contributed by atoms with van der Waals surface area (Å²) in [6, 6.07) is 8.13. The van der Waals surface area contributed by atoms with Gasteiger partial charge in [0.2, 0.25) is 0 Å². The quantitative estimate of drug-likeness (QED) is 0.914. The van der Waals surface area contributed by atoms with Crippen molar-refractivity contribution in [2.75, 3.05) is 18.6 Å². The van der Waals surface area contributed by atoms with Gasteiger partial charge in [-0.1, -0.05) is 24.3 Å². The number of rotatable bonds is 3. The van der Waals surface area contributed by atoms with Gasteiger partial charge in [-0.25, -0.2) is 4.79 Å². The topological polar surface area (TPSA) is 40.5 Å². The van der Waals surface area contributed by atoms with E-state index in [-0.39, 0.29) is 0 Å². The third-order valence-corrected chi connectivity index (χ3v) is 5.73. The summed E-state index contributed by atoms with van der Waals surface area (Å²) in [6.45, 7) is 0.461. The summed E-state index contributed by atoms with van der Waals surface area (Å²) in [5.41, 5.74) is 2.39. The Kier molecular flexibility index (Phi) is 4.23. The molecule has 0 atom stereocenters. The van der Waals surface area contributed by atoms with Crippen molar-refractivity contribution < 1.29 is 9.90 Å². The summed E-state index contributed by atoms with van der Waals surface area (Å²) < 4.78 is 0.466. The molecule has 5 heteroatoms. The summed E-state index contributed by atoms with van der Waals surface area (Å²) in [7, 11) is 1.61. The molecule has 1 fully saturated rings. The number of carboxylic acid groups (broad SMARTS) is 1. The van der Waals surface area contributed by atoms with E-state index in [1.165, 1.54) is 22.0 Å². The maximum atomic E-state index is 10.9. The zero-order valence-electron chi connectivity index (χ0n) is 9.63. The molecule has 1 aliphatic rings. The molecule has 1 aromatic rings. The molecule has 0 aliphatic carbocycles. The van der Waals surface area contributed by atoms with Crippen molar-refractivity contribution in [3.63, 3.8) is 0 Å². The van der Waals surface area contributed by atoms with Crippen LogP contribution in [0.15, 0.2) is 24.3 Å². The Hall–Kier alpha value is -0.810. The van der Waals surface area contributed by atoms with Gasteiger partial charge in [0.05, 0.1) is 4.58 Å². The second-order valence-electron chi connectivity index (χ2n) is 3.91. The van der Waals surface area contributed by atoms with Crippen molar-refractivity contribution in [2.45, 2.75) is 11.1 Å². The number of thioether (sulfide) groups is 2. The van der Waals surface area contributed by atoms with Gasteiger partial charge in [-0.15, -0.1) is 23.5 Å². The first-order valence-electron chi connectivity index (χ1n) is 5.43. The number of hydrogen-bond acceptors (Lipinski definition) is 3. The molecular weight excluding hydrogens is 254 g/mol. The third kappa shape index (κ3) is 3.10. The summed E-state index contributed by atoms with van der Waals surface area (Å²) in [5.74, 6) is 2.36. The molecule has 2 rings (SSSR count). The number of nitrogens with zero attached hydrogens (tertiary/aromatic N) is 1. The highest BCUT2D eigenvalue weighted by molar-refractivity contribution is 8.19. The van der Waals surface area contributed by atoms with Gasteiger partial charge in [0.15, 0.2) is 0 Å². The normalized spacial score (nSPS) is 16.1. The molecule has 17 heavy (non-hydrogen) atoms. The second kappa shape index (κ2) is 5.69. The van der Waals surface area contributed by atoms with Crippen LogP contribution in [0.5, 0.6) is 0 Å². The van der Waals surface area contributed by atoms with Crippen molar-refractivity contribution in [1.29, 1.82) is 0 Å². The van der Waals surface area contributed by atoms with E-state index in [1.54, 1.807) is 7.05 Å². The number of benzene rings is 1. The van der Waals surface area contributed by atoms with Gasteiger partial charge in [-0.2, -0.15) is 0 Å². The minimum Gasteiger partial charge on any atom is -0.465 e. The highest BCUT2D eigenvalue weighted by Crippen LogP contribution is 2.46. The Bertz CT molecular complexity index is 405. The van der Waals surface area contributed by atoms with Crippen molar-refractivity contribution in [3.8, 4) is 0 Å². The predicted octanol–water partition coefficient (Wildman–Crippen LogP) is 3.28. The molecule has 3 nitrogen and oxygen atoms in total. The molecule has 1 heterocycles. The second-order valence-corrected chi connectivity index (χ2v) is 6.64. The Morgan fingerprint density at radius 2 is 2.06 bits per heavy atom. The minimum atomic E-state index is -0.883. The fourth-order valence-corrected chi connectivity index (χ4v) is 4.75. The lowest BCUT2D eigenvalue weighted by atomic mass is 10.1. The Balaban J connectivity index is 2.18. The SMILES string of the molecule is CN(Cc1ccccc1C1SCCS1)C(=O)O. The molecule has 0 bridgehead atoms. The van der Waals surface area contributed by atoms with Crippen LogP contribution in [0.1, 0.15) is 15.7 Å². The van der Waals surface area contributed by atoms with E-state index in [1.807, 2.05) is 41.7 Å². The third-order valence-electron chi connectivity index (χ3n) is 2.66. The smallest absolute Gasteiger partial charge is 0.407 e. The number of amides is 1. The van der Waals surface area contributed by atoms with Crippen LogP contribution in [0, 0.1) is 0 Å². The van der Waals surface area contributed by atoms with Crippen LogP contribution in [0.25, 0.3) is 0 Å². The fourth-order valence-electron chi connectivity index (χ4n) is 1.77. The van der Waals surface area contributed by atoms with Crippen molar-refractivity contribution in [2.24, 2.45) is 0 Å². The van der Waals surface area contributed by atoms with Gasteiger partial charge in [0.1, 0.15) is 0 Å². The lowest BCUT2D eigenvalue weighted by Gasteiger charge is -2.18. The first kappa shape index (κ1) is 12.6. The van der Waals surface area contributed by atoms with Crippen molar-refractivity contribution in [3.05, 3.63) is 35.4 Å². The van der Waals surface area contributed by atoms with E-state index in [0.29, 0.717) is 11.1 Å². The van der Waals surface area contributed by atoms with Crippen molar-refractivity contribution >= 4 is 29.6 Å². The minimum absolute atomic E-state index is 0.461. The molecule has 0 aromatic heterocycles. The Morgan fingerprint density at radius 3 is 2.71 bits per heavy atom. The lowest BCUT2D eigenvalue weighted by Crippen LogP contribution is -2.24. The first-order valence-corrected chi connectivity index (χ1v) is 7.53. The van der Waals surface area contributed by atoms with Gasteiger partial charge in [-0.05, 0) is 11.1 Å². The predicted molar refractivity (Wildman–Crippen MR) is 73.6 cm³/mol. The van der Waals surface area contributed by atoms with E-state index in [4.69, 9.17) is 5.11 Å². The van der Waals surface area contributed by atoms with Gasteiger partial charge in [0, 0.05) is 25.1 Å². The molecule has 1 amide bonds. The van der Waals surface area contributed by atoms with Crippen LogP contribution < -0.4 is 0 Å². The van der Waals surface area contributed by atoms with Crippen LogP contribution in [-0.2, 0) is 6.54 Å². The van der Waals surface area contributed by atoms with Crippen LogP contribution in [0.2, 0.25) is 0 Å². The molecule has 1 N–H and O–H groups in total. The number of hydrogen-bond donors (Lipinski definition) is 1. The maximum Gasteiger partial charge on any atom is 0.407 e. The first-order chi connectivity index (χ1) is 8.18.